The van der Waals surface area contributed by atoms with Gasteiger partial charge in [0, 0.05) is 65.1 Å². The topological polar surface area (TPSA) is 23.4 Å². The SMILES string of the molecule is CN1C=C(c2ccccc2)C=CC1c1cc(-c2cccc3c2NCC=C3)cc(N2c3ccccc3-c3ccccc3-c3c2ccc2ccn(-c4ccccc4)c32)c1. The summed E-state index contributed by atoms with van der Waals surface area (Å²) in [4.78, 5) is 4.86. The first-order valence-electron chi connectivity index (χ1n) is 19.7. The fourth-order valence-corrected chi connectivity index (χ4v) is 9.12. The molecular formula is C53H40N4. The van der Waals surface area contributed by atoms with E-state index in [0.717, 1.165) is 29.3 Å². The fraction of sp³-hybridized carbons (Fsp3) is 0.0566. The molecule has 0 fully saturated rings. The quantitative estimate of drug-likeness (QED) is 0.191. The van der Waals surface area contributed by atoms with E-state index in [4.69, 9.17) is 0 Å². The van der Waals surface area contributed by atoms with E-state index in [9.17, 15) is 0 Å². The van der Waals surface area contributed by atoms with Gasteiger partial charge in [-0.05, 0) is 87.5 Å². The van der Waals surface area contributed by atoms with Crippen molar-refractivity contribution in [2.45, 2.75) is 6.04 Å². The predicted molar refractivity (Wildman–Crippen MR) is 239 cm³/mol. The summed E-state index contributed by atoms with van der Waals surface area (Å²) >= 11 is 0. The van der Waals surface area contributed by atoms with Gasteiger partial charge in [-0.2, -0.15) is 0 Å². The number of hydrogen-bond acceptors (Lipinski definition) is 3. The average molecular weight is 733 g/mol. The second-order valence-corrected chi connectivity index (χ2v) is 15.1. The highest BCUT2D eigenvalue weighted by Crippen LogP contribution is 2.54. The van der Waals surface area contributed by atoms with Gasteiger partial charge >= 0.3 is 0 Å². The van der Waals surface area contributed by atoms with Crippen LogP contribution < -0.4 is 10.2 Å². The molecule has 1 aromatic heterocycles. The van der Waals surface area contributed by atoms with Crippen molar-refractivity contribution in [2.24, 2.45) is 0 Å². The summed E-state index contributed by atoms with van der Waals surface area (Å²) in [6.07, 6.45) is 13.6. The van der Waals surface area contributed by atoms with Crippen LogP contribution in [-0.4, -0.2) is 23.1 Å². The first-order chi connectivity index (χ1) is 28.2. The number of hydrogen-bond donors (Lipinski definition) is 1. The summed E-state index contributed by atoms with van der Waals surface area (Å²) in [6, 6.07) is 59.9. The van der Waals surface area contributed by atoms with Gasteiger partial charge in [0.2, 0.25) is 0 Å². The van der Waals surface area contributed by atoms with Crippen LogP contribution in [-0.2, 0) is 0 Å². The minimum absolute atomic E-state index is 0.0280. The Labute approximate surface area is 333 Å². The molecule has 0 amide bonds. The van der Waals surface area contributed by atoms with Crippen LogP contribution >= 0.6 is 0 Å². The lowest BCUT2D eigenvalue weighted by atomic mass is 9.92. The van der Waals surface area contributed by atoms with Crippen LogP contribution in [0.3, 0.4) is 0 Å². The fourth-order valence-electron chi connectivity index (χ4n) is 9.12. The van der Waals surface area contributed by atoms with Gasteiger partial charge in [0.1, 0.15) is 0 Å². The van der Waals surface area contributed by atoms with Crippen LogP contribution in [0.5, 0.6) is 0 Å². The lowest BCUT2D eigenvalue weighted by Crippen LogP contribution is -2.21. The molecule has 0 saturated heterocycles. The molecule has 7 aromatic carbocycles. The minimum Gasteiger partial charge on any atom is -0.381 e. The van der Waals surface area contributed by atoms with Crippen molar-refractivity contribution in [2.75, 3.05) is 23.8 Å². The lowest BCUT2D eigenvalue weighted by molar-refractivity contribution is 0.392. The van der Waals surface area contributed by atoms with Gasteiger partial charge in [-0.1, -0.05) is 140 Å². The van der Waals surface area contributed by atoms with Crippen molar-refractivity contribution < 1.29 is 0 Å². The summed E-state index contributed by atoms with van der Waals surface area (Å²) < 4.78 is 2.36. The summed E-state index contributed by atoms with van der Waals surface area (Å²) in [5.41, 5.74) is 19.0. The first kappa shape index (κ1) is 33.1. The Morgan fingerprint density at radius 3 is 2.18 bits per heavy atom. The van der Waals surface area contributed by atoms with Crippen molar-refractivity contribution in [3.63, 3.8) is 0 Å². The molecule has 4 nitrogen and oxygen atoms in total. The van der Waals surface area contributed by atoms with Gasteiger partial charge < -0.3 is 19.7 Å². The van der Waals surface area contributed by atoms with Crippen molar-refractivity contribution in [1.29, 1.82) is 0 Å². The Kier molecular flexibility index (Phi) is 7.82. The first-order valence-corrected chi connectivity index (χ1v) is 19.7. The van der Waals surface area contributed by atoms with E-state index in [1.54, 1.807) is 0 Å². The summed E-state index contributed by atoms with van der Waals surface area (Å²) in [6.45, 7) is 0.805. The molecule has 3 aliphatic heterocycles. The van der Waals surface area contributed by atoms with Crippen LogP contribution in [0.1, 0.15) is 22.7 Å². The van der Waals surface area contributed by atoms with Gasteiger partial charge in [0.05, 0.1) is 22.9 Å². The molecule has 1 unspecified atom stereocenters. The molecule has 4 heterocycles. The van der Waals surface area contributed by atoms with Crippen molar-refractivity contribution in [3.05, 3.63) is 211 Å². The van der Waals surface area contributed by atoms with E-state index in [1.807, 2.05) is 0 Å². The predicted octanol–water partition coefficient (Wildman–Crippen LogP) is 13.4. The van der Waals surface area contributed by atoms with Gasteiger partial charge in [0.25, 0.3) is 0 Å². The van der Waals surface area contributed by atoms with Gasteiger partial charge in [-0.25, -0.2) is 0 Å². The molecule has 1 atom stereocenters. The van der Waals surface area contributed by atoms with Crippen molar-refractivity contribution in [3.8, 4) is 39.1 Å². The molecule has 57 heavy (non-hydrogen) atoms. The zero-order chi connectivity index (χ0) is 37.9. The van der Waals surface area contributed by atoms with E-state index < -0.39 is 0 Å². The summed E-state index contributed by atoms with van der Waals surface area (Å²) in [5, 5.41) is 4.92. The van der Waals surface area contributed by atoms with Crippen molar-refractivity contribution >= 4 is 45.3 Å². The van der Waals surface area contributed by atoms with E-state index in [2.05, 4.69) is 227 Å². The maximum atomic E-state index is 3.72. The number of para-hydroxylation sites is 3. The summed E-state index contributed by atoms with van der Waals surface area (Å²) in [7, 11) is 2.20. The van der Waals surface area contributed by atoms with Crippen LogP contribution in [0.15, 0.2) is 194 Å². The number of aromatic nitrogens is 1. The Morgan fingerprint density at radius 2 is 1.33 bits per heavy atom. The molecule has 0 saturated carbocycles. The number of anilines is 4. The molecule has 0 radical (unpaired) electrons. The van der Waals surface area contributed by atoms with Crippen LogP contribution in [0, 0.1) is 0 Å². The number of nitrogens with one attached hydrogen (secondary N) is 1. The number of benzene rings is 7. The molecule has 8 aromatic rings. The summed E-state index contributed by atoms with van der Waals surface area (Å²) in [5.74, 6) is 0. The highest BCUT2D eigenvalue weighted by molar-refractivity contribution is 6.11. The highest BCUT2D eigenvalue weighted by atomic mass is 15.2. The van der Waals surface area contributed by atoms with Crippen LogP contribution in [0.25, 0.3) is 61.6 Å². The number of nitrogens with zero attached hydrogens (tertiary/aromatic N) is 3. The van der Waals surface area contributed by atoms with Crippen LogP contribution in [0.4, 0.5) is 22.7 Å². The third-order valence-electron chi connectivity index (χ3n) is 11.7. The molecule has 0 spiro atoms. The van der Waals surface area contributed by atoms with Gasteiger partial charge in [-0.3, -0.25) is 0 Å². The normalized spacial score (nSPS) is 15.2. The van der Waals surface area contributed by atoms with Crippen molar-refractivity contribution in [1.82, 2.24) is 9.47 Å². The zero-order valence-corrected chi connectivity index (χ0v) is 31.7. The highest BCUT2D eigenvalue weighted by Gasteiger charge is 2.30. The zero-order valence-electron chi connectivity index (χ0n) is 31.7. The van der Waals surface area contributed by atoms with Crippen LogP contribution in [0.2, 0.25) is 0 Å². The smallest absolute Gasteiger partial charge is 0.0722 e. The minimum atomic E-state index is 0.0280. The van der Waals surface area contributed by atoms with E-state index in [0.29, 0.717) is 0 Å². The van der Waals surface area contributed by atoms with Gasteiger partial charge in [-0.15, -0.1) is 0 Å². The van der Waals surface area contributed by atoms with E-state index in [-0.39, 0.29) is 6.04 Å². The standard InChI is InChI=1S/C53H40N4/c1-55-35-39(36-14-4-2-5-15-36)26-27-48(55)41-32-40(44-23-12-16-37-17-13-30-54-52(37)44)33-43(34-41)57-49-24-11-10-21-46(49)45-20-8-9-22-47(45)51-50(57)28-25-38-29-31-56(53(38)51)42-18-6-3-7-19-42/h2-29,31-35,48,54H,30H2,1H3. The molecule has 3 aliphatic rings. The molecule has 0 bridgehead atoms. The Bertz CT molecular complexity index is 2930. The largest absolute Gasteiger partial charge is 0.381 e. The monoisotopic (exact) mass is 732 g/mol. The molecule has 4 heteroatoms. The Morgan fingerprint density at radius 1 is 0.579 bits per heavy atom. The number of fused-ring (bicyclic) bond motifs is 8. The Balaban J connectivity index is 1.18. The third-order valence-corrected chi connectivity index (χ3v) is 11.7. The van der Waals surface area contributed by atoms with Gasteiger partial charge in [0.15, 0.2) is 0 Å². The number of likely N-dealkylation sites (N-methyl/N-ethyl adjacent to an activating group) is 1. The Hall–Kier alpha value is -7.30. The maximum Gasteiger partial charge on any atom is 0.0722 e. The second-order valence-electron chi connectivity index (χ2n) is 15.1. The van der Waals surface area contributed by atoms with E-state index in [1.165, 1.54) is 72.2 Å². The van der Waals surface area contributed by atoms with E-state index >= 15 is 0 Å². The number of allylic oxidation sites excluding steroid dienone is 2. The maximum absolute atomic E-state index is 3.72. The molecule has 0 aliphatic carbocycles. The lowest BCUT2D eigenvalue weighted by Gasteiger charge is -2.32. The second kappa shape index (κ2) is 13.5. The molecule has 11 rings (SSSR count). The third kappa shape index (κ3) is 5.52. The molecular weight excluding hydrogens is 693 g/mol. The average Bonchev–Trinajstić information content (AvgIpc) is 3.66. The molecule has 1 N–H and O–H groups in total. The number of rotatable bonds is 5. The molecule has 272 valence electrons.